The van der Waals surface area contributed by atoms with Crippen LogP contribution < -0.4 is 5.32 Å². The number of carbonyl (C=O) groups is 1. The number of likely N-dealkylation sites (N-methyl/N-ethyl adjacent to an activating group) is 1. The monoisotopic (exact) mass is 1100 g/mol. The largest absolute Gasteiger partial charge is 0.472 e. The Morgan fingerprint density at radius 3 is 1.08 bits per heavy atom. The minimum Gasteiger partial charge on any atom is -0.387 e. The molecule has 0 aromatic heterocycles. The Morgan fingerprint density at radius 1 is 0.442 bits per heavy atom. The zero-order valence-electron chi connectivity index (χ0n) is 52.0. The Bertz CT molecular complexity index is 1390. The van der Waals surface area contributed by atoms with Crippen molar-refractivity contribution < 1.29 is 32.9 Å². The second-order valence-corrected chi connectivity index (χ2v) is 25.7. The zero-order valence-corrected chi connectivity index (χ0v) is 52.9. The molecule has 0 rings (SSSR count). The van der Waals surface area contributed by atoms with E-state index in [1.165, 1.54) is 257 Å². The fourth-order valence-corrected chi connectivity index (χ4v) is 10.8. The van der Waals surface area contributed by atoms with E-state index in [1.54, 1.807) is 6.08 Å². The molecule has 3 unspecified atom stereocenters. The third-order valence-electron chi connectivity index (χ3n) is 15.3. The molecular weight excluding hydrogens is 972 g/mol. The van der Waals surface area contributed by atoms with Crippen LogP contribution in [-0.4, -0.2) is 73.4 Å². The molecule has 9 heteroatoms. The lowest BCUT2D eigenvalue weighted by Crippen LogP contribution is -2.45. The summed E-state index contributed by atoms with van der Waals surface area (Å²) in [7, 11) is 1.58. The van der Waals surface area contributed by atoms with Gasteiger partial charge >= 0.3 is 7.82 Å². The molecule has 0 aliphatic carbocycles. The van der Waals surface area contributed by atoms with Crippen LogP contribution in [0.25, 0.3) is 0 Å². The van der Waals surface area contributed by atoms with E-state index in [4.69, 9.17) is 9.05 Å². The van der Waals surface area contributed by atoms with Gasteiger partial charge in [-0.1, -0.05) is 313 Å². The molecule has 454 valence electrons. The average molecular weight is 1100 g/mol. The molecule has 0 heterocycles. The van der Waals surface area contributed by atoms with Gasteiger partial charge in [0.15, 0.2) is 0 Å². The molecule has 0 aromatic carbocycles. The zero-order chi connectivity index (χ0) is 56.3. The highest BCUT2D eigenvalue weighted by Gasteiger charge is 2.28. The minimum atomic E-state index is -4.35. The molecule has 0 aliphatic rings. The minimum absolute atomic E-state index is 0.0625. The SMILES string of the molecule is CCCCCCC/C=C\C/C=C\C/C=C\CCCCCCCCCCCCCCCCCCCCC(=O)NC(COP(=O)(O)OCC[N+](C)(C)C)C(O)/C=C/CCCCCCCCCCCCCCCCCCCCCC. The molecule has 0 bridgehead atoms. The van der Waals surface area contributed by atoms with Gasteiger partial charge in [0.1, 0.15) is 13.2 Å². The molecule has 1 amide bonds. The second kappa shape index (κ2) is 59.1. The standard InChI is InChI=1S/C68H131N2O6P/c1-6-8-10-12-14-16-18-20-22-24-26-28-30-31-32-33-34-35-36-37-38-39-40-42-44-46-48-50-52-54-56-58-60-62-68(72)69-66(65-76-77(73,74)75-64-63-70(3,4)5)67(71)61-59-57-55-53-51-49-47-45-43-41-29-27-25-23-21-19-17-15-13-11-9-7-2/h18,20,24,26,30-31,59,61,66-67,71H,6-17,19,21-23,25,27-29,32-58,60,62-65H2,1-5H3,(H-,69,72,73,74)/p+1/b20-18-,26-24-,31-30-,61-59+. The van der Waals surface area contributed by atoms with Crippen molar-refractivity contribution in [1.82, 2.24) is 5.32 Å². The van der Waals surface area contributed by atoms with Crippen molar-refractivity contribution in [3.05, 3.63) is 48.6 Å². The highest BCUT2D eigenvalue weighted by Crippen LogP contribution is 2.43. The van der Waals surface area contributed by atoms with Crippen molar-refractivity contribution in [2.45, 2.75) is 341 Å². The van der Waals surface area contributed by atoms with Gasteiger partial charge in [-0.15, -0.1) is 0 Å². The molecular formula is C68H132N2O6P+. The maximum Gasteiger partial charge on any atom is 0.472 e. The first-order valence-electron chi connectivity index (χ1n) is 33.5. The van der Waals surface area contributed by atoms with Gasteiger partial charge in [-0.2, -0.15) is 0 Å². The number of nitrogens with zero attached hydrogens (tertiary/aromatic N) is 1. The van der Waals surface area contributed by atoms with Crippen LogP contribution in [0.5, 0.6) is 0 Å². The average Bonchev–Trinajstić information content (AvgIpc) is 3.39. The Hall–Kier alpha value is -1.54. The first kappa shape index (κ1) is 75.5. The summed E-state index contributed by atoms with van der Waals surface area (Å²) in [5.74, 6) is -0.172. The maximum absolute atomic E-state index is 13.0. The van der Waals surface area contributed by atoms with Crippen LogP contribution in [0.4, 0.5) is 0 Å². The number of aliphatic hydroxyl groups is 1. The van der Waals surface area contributed by atoms with E-state index in [1.807, 2.05) is 27.2 Å². The summed E-state index contributed by atoms with van der Waals surface area (Å²) < 4.78 is 23.8. The van der Waals surface area contributed by atoms with Gasteiger partial charge in [0, 0.05) is 6.42 Å². The summed E-state index contributed by atoms with van der Waals surface area (Å²) in [5.41, 5.74) is 0. The summed E-state index contributed by atoms with van der Waals surface area (Å²) in [6.45, 7) is 4.85. The van der Waals surface area contributed by atoms with Gasteiger partial charge in [-0.3, -0.25) is 13.8 Å². The summed E-state index contributed by atoms with van der Waals surface area (Å²) in [5, 5.41) is 14.0. The van der Waals surface area contributed by atoms with Crippen molar-refractivity contribution in [2.24, 2.45) is 0 Å². The molecule has 3 N–H and O–H groups in total. The van der Waals surface area contributed by atoms with E-state index < -0.39 is 20.0 Å². The van der Waals surface area contributed by atoms with Gasteiger partial charge in [-0.05, 0) is 57.8 Å². The predicted octanol–water partition coefficient (Wildman–Crippen LogP) is 21.1. The molecule has 0 spiro atoms. The third-order valence-corrected chi connectivity index (χ3v) is 16.3. The molecule has 77 heavy (non-hydrogen) atoms. The number of allylic oxidation sites excluding steroid dienone is 7. The Morgan fingerprint density at radius 2 is 0.740 bits per heavy atom. The van der Waals surface area contributed by atoms with E-state index in [0.29, 0.717) is 17.4 Å². The number of carbonyl (C=O) groups excluding carboxylic acids is 1. The number of nitrogens with one attached hydrogen (secondary N) is 1. The van der Waals surface area contributed by atoms with Crippen LogP contribution in [0.1, 0.15) is 328 Å². The summed E-state index contributed by atoms with van der Waals surface area (Å²) in [4.78, 5) is 23.4. The van der Waals surface area contributed by atoms with E-state index in [0.717, 1.165) is 51.4 Å². The van der Waals surface area contributed by atoms with E-state index >= 15 is 0 Å². The van der Waals surface area contributed by atoms with Gasteiger partial charge in [0.05, 0.1) is 39.9 Å². The number of quaternary nitrogens is 1. The number of rotatable bonds is 62. The van der Waals surface area contributed by atoms with E-state index in [-0.39, 0.29) is 19.1 Å². The number of hydrogen-bond donors (Lipinski definition) is 3. The van der Waals surface area contributed by atoms with Gasteiger partial charge < -0.3 is 19.8 Å². The summed E-state index contributed by atoms with van der Waals surface area (Å²) >= 11 is 0. The van der Waals surface area contributed by atoms with Crippen LogP contribution in [0, 0.1) is 0 Å². The van der Waals surface area contributed by atoms with Crippen molar-refractivity contribution in [3.63, 3.8) is 0 Å². The van der Waals surface area contributed by atoms with Gasteiger partial charge in [0.25, 0.3) is 0 Å². The number of unbranched alkanes of at least 4 members (excludes halogenated alkanes) is 43. The lowest BCUT2D eigenvalue weighted by atomic mass is 10.0. The number of hydrogen-bond acceptors (Lipinski definition) is 5. The predicted molar refractivity (Wildman–Crippen MR) is 337 cm³/mol. The van der Waals surface area contributed by atoms with Crippen LogP contribution >= 0.6 is 7.82 Å². The molecule has 0 aliphatic heterocycles. The number of phosphoric ester groups is 1. The Kier molecular flexibility index (Phi) is 57.9. The number of phosphoric acid groups is 1. The van der Waals surface area contributed by atoms with Gasteiger partial charge in [-0.25, -0.2) is 4.57 Å². The fraction of sp³-hybridized carbons (Fsp3) is 0.868. The maximum atomic E-state index is 13.0. The fourth-order valence-electron chi connectivity index (χ4n) is 10.1. The highest BCUT2D eigenvalue weighted by molar-refractivity contribution is 7.47. The molecule has 0 fully saturated rings. The lowest BCUT2D eigenvalue weighted by molar-refractivity contribution is -0.870. The van der Waals surface area contributed by atoms with Gasteiger partial charge in [0.2, 0.25) is 5.91 Å². The second-order valence-electron chi connectivity index (χ2n) is 24.2. The third kappa shape index (κ3) is 61.9. The Labute approximate surface area is 479 Å². The smallest absolute Gasteiger partial charge is 0.387 e. The van der Waals surface area contributed by atoms with Crippen LogP contribution in [0.15, 0.2) is 48.6 Å². The molecule has 0 radical (unpaired) electrons. The molecule has 8 nitrogen and oxygen atoms in total. The Balaban J connectivity index is 4.06. The van der Waals surface area contributed by atoms with Crippen molar-refractivity contribution in [3.8, 4) is 0 Å². The normalized spacial score (nSPS) is 14.0. The first-order valence-corrected chi connectivity index (χ1v) is 35.0. The topological polar surface area (TPSA) is 105 Å². The van der Waals surface area contributed by atoms with E-state index in [2.05, 4.69) is 55.6 Å². The molecule has 0 aromatic rings. The quantitative estimate of drug-likeness (QED) is 0.0243. The summed E-state index contributed by atoms with van der Waals surface area (Å²) in [6.07, 6.45) is 79.5. The number of amides is 1. The first-order chi connectivity index (χ1) is 37.5. The van der Waals surface area contributed by atoms with Crippen LogP contribution in [0.3, 0.4) is 0 Å². The molecule has 3 atom stereocenters. The van der Waals surface area contributed by atoms with Crippen LogP contribution in [0.2, 0.25) is 0 Å². The van der Waals surface area contributed by atoms with Crippen molar-refractivity contribution in [2.75, 3.05) is 40.9 Å². The van der Waals surface area contributed by atoms with Crippen LogP contribution in [-0.2, 0) is 18.4 Å². The van der Waals surface area contributed by atoms with E-state index in [9.17, 15) is 19.4 Å². The molecule has 0 saturated carbocycles. The highest BCUT2D eigenvalue weighted by atomic mass is 31.2. The summed E-state index contributed by atoms with van der Waals surface area (Å²) in [6, 6.07) is -0.847. The number of aliphatic hydroxyl groups excluding tert-OH is 1. The van der Waals surface area contributed by atoms with Crippen molar-refractivity contribution in [1.29, 1.82) is 0 Å². The lowest BCUT2D eigenvalue weighted by Gasteiger charge is -2.25. The van der Waals surface area contributed by atoms with Crippen molar-refractivity contribution >= 4 is 13.7 Å². The molecule has 0 saturated heterocycles.